The van der Waals surface area contributed by atoms with Crippen LogP contribution in [0.3, 0.4) is 0 Å². The number of hydrogen-bond acceptors (Lipinski definition) is 4. The first-order valence-electron chi connectivity index (χ1n) is 7.35. The maximum atomic E-state index is 12.2. The van der Waals surface area contributed by atoms with Gasteiger partial charge in [0.25, 0.3) is 11.8 Å². The fraction of sp³-hybridized carbons (Fsp3) is 0.188. The van der Waals surface area contributed by atoms with Crippen LogP contribution in [0.15, 0.2) is 40.5 Å². The zero-order valence-electron chi connectivity index (χ0n) is 13.0. The number of hydrogen-bond donors (Lipinski definition) is 3. The van der Waals surface area contributed by atoms with E-state index in [0.29, 0.717) is 34.6 Å². The summed E-state index contributed by atoms with van der Waals surface area (Å²) in [5, 5.41) is 7.32. The monoisotopic (exact) mass is 344 g/mol. The summed E-state index contributed by atoms with van der Waals surface area (Å²) in [6, 6.07) is 8.57. The molecule has 0 atom stereocenters. The molecular formula is C16H16N4O3S. The Morgan fingerprint density at radius 1 is 1.17 bits per heavy atom. The van der Waals surface area contributed by atoms with Gasteiger partial charge < -0.3 is 15.6 Å². The van der Waals surface area contributed by atoms with Crippen LogP contribution in [-0.4, -0.2) is 34.5 Å². The van der Waals surface area contributed by atoms with Gasteiger partial charge in [-0.1, -0.05) is 6.07 Å². The number of nitrogens with one attached hydrogen (secondary N) is 3. The second-order valence-corrected chi connectivity index (χ2v) is 6.16. The van der Waals surface area contributed by atoms with Crippen LogP contribution < -0.4 is 16.3 Å². The zero-order chi connectivity index (χ0) is 17.1. The Hall–Kier alpha value is -2.87. The van der Waals surface area contributed by atoms with E-state index in [-0.39, 0.29) is 17.5 Å². The lowest BCUT2D eigenvalue weighted by molar-refractivity contribution is 0.0929. The first-order valence-corrected chi connectivity index (χ1v) is 8.23. The molecule has 0 spiro atoms. The van der Waals surface area contributed by atoms with Gasteiger partial charge in [0.15, 0.2) is 0 Å². The van der Waals surface area contributed by atoms with Crippen LogP contribution in [0, 0.1) is 0 Å². The van der Waals surface area contributed by atoms with E-state index in [1.165, 1.54) is 15.9 Å². The minimum Gasteiger partial charge on any atom is -0.350 e. The predicted molar refractivity (Wildman–Crippen MR) is 92.5 cm³/mol. The molecule has 7 nitrogen and oxygen atoms in total. The second-order valence-electron chi connectivity index (χ2n) is 5.21. The van der Waals surface area contributed by atoms with Crippen molar-refractivity contribution in [2.24, 2.45) is 7.05 Å². The van der Waals surface area contributed by atoms with Gasteiger partial charge in [-0.3, -0.25) is 14.2 Å². The fourth-order valence-electron chi connectivity index (χ4n) is 2.31. The standard InChI is InChI=1S/C16H16N4O3S/c1-20-12-9-10(4-5-11(12)19-16(20)23)14(21)17-6-7-18-15(22)13-3-2-8-24-13/h2-5,8-9H,6-7H2,1H3,(H,17,21)(H,18,22)(H,19,23). The molecule has 0 unspecified atom stereocenters. The molecule has 2 heterocycles. The molecule has 2 aromatic heterocycles. The van der Waals surface area contributed by atoms with Crippen molar-refractivity contribution < 1.29 is 9.59 Å². The minimum absolute atomic E-state index is 0.150. The second kappa shape index (κ2) is 6.71. The van der Waals surface area contributed by atoms with Crippen molar-refractivity contribution in [2.75, 3.05) is 13.1 Å². The predicted octanol–water partition coefficient (Wildman–Crippen LogP) is 1.09. The highest BCUT2D eigenvalue weighted by Crippen LogP contribution is 2.12. The molecular weight excluding hydrogens is 328 g/mol. The summed E-state index contributed by atoms with van der Waals surface area (Å²) in [6.07, 6.45) is 0. The summed E-state index contributed by atoms with van der Waals surface area (Å²) >= 11 is 1.37. The van der Waals surface area contributed by atoms with E-state index < -0.39 is 0 Å². The number of amides is 2. The van der Waals surface area contributed by atoms with Crippen LogP contribution in [-0.2, 0) is 7.05 Å². The van der Waals surface area contributed by atoms with Crippen LogP contribution in [0.25, 0.3) is 11.0 Å². The van der Waals surface area contributed by atoms with Crippen LogP contribution in [0.2, 0.25) is 0 Å². The fourth-order valence-corrected chi connectivity index (χ4v) is 2.95. The minimum atomic E-state index is -0.254. The average Bonchev–Trinajstić information content (AvgIpc) is 3.20. The third kappa shape index (κ3) is 3.23. The lowest BCUT2D eigenvalue weighted by Gasteiger charge is -2.07. The summed E-state index contributed by atoms with van der Waals surface area (Å²) in [5.74, 6) is -0.404. The number of aromatic nitrogens is 2. The smallest absolute Gasteiger partial charge is 0.326 e. The van der Waals surface area contributed by atoms with Crippen LogP contribution in [0.4, 0.5) is 0 Å². The van der Waals surface area contributed by atoms with Crippen molar-refractivity contribution in [3.05, 3.63) is 56.6 Å². The van der Waals surface area contributed by atoms with Gasteiger partial charge in [-0.2, -0.15) is 0 Å². The average molecular weight is 344 g/mol. The number of rotatable bonds is 5. The highest BCUT2D eigenvalue weighted by molar-refractivity contribution is 7.12. The topological polar surface area (TPSA) is 96.0 Å². The Bertz CT molecular complexity index is 940. The molecule has 3 rings (SSSR count). The molecule has 3 aromatic rings. The zero-order valence-corrected chi connectivity index (χ0v) is 13.8. The van der Waals surface area contributed by atoms with E-state index in [1.807, 2.05) is 11.4 Å². The molecule has 0 bridgehead atoms. The summed E-state index contributed by atoms with van der Waals surface area (Å²) in [7, 11) is 1.64. The van der Waals surface area contributed by atoms with Crippen molar-refractivity contribution in [1.82, 2.24) is 20.2 Å². The van der Waals surface area contributed by atoms with Crippen molar-refractivity contribution in [2.45, 2.75) is 0 Å². The van der Waals surface area contributed by atoms with Gasteiger partial charge in [0.2, 0.25) is 0 Å². The summed E-state index contributed by atoms with van der Waals surface area (Å²) < 4.78 is 1.45. The Morgan fingerprint density at radius 2 is 1.92 bits per heavy atom. The number of fused-ring (bicyclic) bond motifs is 1. The van der Waals surface area contributed by atoms with Crippen LogP contribution >= 0.6 is 11.3 Å². The van der Waals surface area contributed by atoms with E-state index in [4.69, 9.17) is 0 Å². The molecule has 0 fully saturated rings. The normalized spacial score (nSPS) is 10.7. The summed E-state index contributed by atoms with van der Waals surface area (Å²) in [6.45, 7) is 0.660. The van der Waals surface area contributed by atoms with E-state index in [2.05, 4.69) is 15.6 Å². The number of imidazole rings is 1. The maximum Gasteiger partial charge on any atom is 0.326 e. The van der Waals surface area contributed by atoms with Gasteiger partial charge in [0, 0.05) is 25.7 Å². The van der Waals surface area contributed by atoms with Crippen molar-refractivity contribution in [3.8, 4) is 0 Å². The van der Waals surface area contributed by atoms with Crippen LogP contribution in [0.1, 0.15) is 20.0 Å². The lowest BCUT2D eigenvalue weighted by Crippen LogP contribution is -2.34. The maximum absolute atomic E-state index is 12.2. The van der Waals surface area contributed by atoms with Gasteiger partial charge in [-0.15, -0.1) is 11.3 Å². The molecule has 0 aliphatic carbocycles. The van der Waals surface area contributed by atoms with Crippen LogP contribution in [0.5, 0.6) is 0 Å². The molecule has 0 saturated carbocycles. The first-order chi connectivity index (χ1) is 11.6. The molecule has 2 amide bonds. The van der Waals surface area contributed by atoms with Gasteiger partial charge in [0.05, 0.1) is 15.9 Å². The Balaban J connectivity index is 1.56. The largest absolute Gasteiger partial charge is 0.350 e. The highest BCUT2D eigenvalue weighted by atomic mass is 32.1. The quantitative estimate of drug-likeness (QED) is 0.605. The van der Waals surface area contributed by atoms with E-state index >= 15 is 0 Å². The molecule has 0 aliphatic rings. The third-order valence-corrected chi connectivity index (χ3v) is 4.48. The summed E-state index contributed by atoms with van der Waals surface area (Å²) in [4.78, 5) is 38.8. The van der Waals surface area contributed by atoms with E-state index in [9.17, 15) is 14.4 Å². The molecule has 0 radical (unpaired) electrons. The van der Waals surface area contributed by atoms with E-state index in [0.717, 1.165) is 0 Å². The number of nitrogens with zero attached hydrogens (tertiary/aromatic N) is 1. The van der Waals surface area contributed by atoms with Crippen molar-refractivity contribution in [3.63, 3.8) is 0 Å². The van der Waals surface area contributed by atoms with E-state index in [1.54, 1.807) is 31.3 Å². The highest BCUT2D eigenvalue weighted by Gasteiger charge is 2.10. The number of H-pyrrole nitrogens is 1. The van der Waals surface area contributed by atoms with Gasteiger partial charge in [0.1, 0.15) is 0 Å². The van der Waals surface area contributed by atoms with Gasteiger partial charge in [-0.05, 0) is 29.6 Å². The van der Waals surface area contributed by atoms with Crippen molar-refractivity contribution in [1.29, 1.82) is 0 Å². The molecule has 124 valence electrons. The van der Waals surface area contributed by atoms with Gasteiger partial charge >= 0.3 is 5.69 Å². The van der Waals surface area contributed by atoms with Crippen molar-refractivity contribution >= 4 is 34.2 Å². The lowest BCUT2D eigenvalue weighted by atomic mass is 10.2. The Labute approximate surface area is 141 Å². The number of aromatic amines is 1. The SMILES string of the molecule is Cn1c(=O)[nH]c2ccc(C(=O)NCCNC(=O)c3cccs3)cc21. The molecule has 1 aromatic carbocycles. The molecule has 3 N–H and O–H groups in total. The Kier molecular flexibility index (Phi) is 4.48. The number of benzene rings is 1. The van der Waals surface area contributed by atoms with Gasteiger partial charge in [-0.25, -0.2) is 4.79 Å². The number of thiophene rings is 1. The number of carbonyl (C=O) groups excluding carboxylic acids is 2. The first kappa shape index (κ1) is 16.0. The molecule has 0 saturated heterocycles. The molecule has 24 heavy (non-hydrogen) atoms. The molecule has 0 aliphatic heterocycles. The summed E-state index contributed by atoms with van der Waals surface area (Å²) in [5.41, 5.74) is 1.58. The Morgan fingerprint density at radius 3 is 2.62 bits per heavy atom. The molecule has 8 heteroatoms. The third-order valence-electron chi connectivity index (χ3n) is 3.61. The number of aryl methyl sites for hydroxylation is 1. The number of carbonyl (C=O) groups is 2.